The molecule has 6 heteroatoms. The molecular weight excluding hydrogens is 272 g/mol. The Morgan fingerprint density at radius 2 is 2.20 bits per heavy atom. The zero-order chi connectivity index (χ0) is 13.9. The molecule has 3 rings (SSSR count). The van der Waals surface area contributed by atoms with Crippen LogP contribution >= 0.6 is 11.3 Å². The third kappa shape index (κ3) is 2.70. The van der Waals surface area contributed by atoms with Crippen molar-refractivity contribution < 1.29 is 4.79 Å². The molecular formula is C14H16N4OS. The van der Waals surface area contributed by atoms with Crippen LogP contribution in [-0.4, -0.2) is 38.8 Å². The standard InChI is InChI=1S/C14H16N4OS/c1-10-16-5-2-12(17-10)11-3-6-18(7-4-11)14(19)13-8-15-9-20-13/h2,5,8-9,11H,3-4,6-7H2,1H3. The first-order valence-electron chi connectivity index (χ1n) is 6.71. The third-order valence-corrected chi connectivity index (χ3v) is 4.40. The van der Waals surface area contributed by atoms with Gasteiger partial charge in [0.1, 0.15) is 10.7 Å². The molecule has 0 saturated carbocycles. The van der Waals surface area contributed by atoms with Gasteiger partial charge in [0.2, 0.25) is 0 Å². The summed E-state index contributed by atoms with van der Waals surface area (Å²) in [6, 6.07) is 1.98. The summed E-state index contributed by atoms with van der Waals surface area (Å²) in [5.41, 5.74) is 2.80. The van der Waals surface area contributed by atoms with E-state index >= 15 is 0 Å². The molecule has 0 spiro atoms. The summed E-state index contributed by atoms with van der Waals surface area (Å²) >= 11 is 1.40. The molecule has 104 valence electrons. The molecule has 0 N–H and O–H groups in total. The van der Waals surface area contributed by atoms with E-state index in [0.717, 1.165) is 42.3 Å². The number of hydrogen-bond acceptors (Lipinski definition) is 5. The average molecular weight is 288 g/mol. The molecule has 0 bridgehead atoms. The van der Waals surface area contributed by atoms with Gasteiger partial charge in [-0.2, -0.15) is 0 Å². The molecule has 1 fully saturated rings. The van der Waals surface area contributed by atoms with E-state index in [1.807, 2.05) is 24.1 Å². The highest BCUT2D eigenvalue weighted by atomic mass is 32.1. The zero-order valence-electron chi connectivity index (χ0n) is 11.3. The molecule has 0 aliphatic carbocycles. The van der Waals surface area contributed by atoms with Gasteiger partial charge in [-0.25, -0.2) is 9.97 Å². The van der Waals surface area contributed by atoms with Gasteiger partial charge < -0.3 is 4.90 Å². The fourth-order valence-electron chi connectivity index (χ4n) is 2.56. The highest BCUT2D eigenvalue weighted by molar-refractivity contribution is 7.11. The largest absolute Gasteiger partial charge is 0.338 e. The summed E-state index contributed by atoms with van der Waals surface area (Å²) in [5.74, 6) is 1.35. The predicted molar refractivity (Wildman–Crippen MR) is 76.8 cm³/mol. The van der Waals surface area contributed by atoms with E-state index < -0.39 is 0 Å². The lowest BCUT2D eigenvalue weighted by Gasteiger charge is -2.31. The second-order valence-corrected chi connectivity index (χ2v) is 5.85. The molecule has 5 nitrogen and oxygen atoms in total. The molecule has 1 saturated heterocycles. The Morgan fingerprint density at radius 1 is 1.40 bits per heavy atom. The van der Waals surface area contributed by atoms with Crippen molar-refractivity contribution in [1.82, 2.24) is 19.9 Å². The summed E-state index contributed by atoms with van der Waals surface area (Å²) in [7, 11) is 0. The van der Waals surface area contributed by atoms with Crippen LogP contribution in [0.4, 0.5) is 0 Å². The lowest BCUT2D eigenvalue weighted by molar-refractivity contribution is 0.0716. The molecule has 0 aromatic carbocycles. The fourth-order valence-corrected chi connectivity index (χ4v) is 3.14. The van der Waals surface area contributed by atoms with Gasteiger partial charge >= 0.3 is 0 Å². The molecule has 0 atom stereocenters. The minimum Gasteiger partial charge on any atom is -0.338 e. The first-order chi connectivity index (χ1) is 9.74. The first-order valence-corrected chi connectivity index (χ1v) is 7.59. The van der Waals surface area contributed by atoms with Crippen LogP contribution in [0.5, 0.6) is 0 Å². The third-order valence-electron chi connectivity index (χ3n) is 3.64. The van der Waals surface area contributed by atoms with Crippen LogP contribution in [-0.2, 0) is 0 Å². The SMILES string of the molecule is Cc1nccc(C2CCN(C(=O)c3cncs3)CC2)n1. The topological polar surface area (TPSA) is 59.0 Å². The minimum atomic E-state index is 0.102. The van der Waals surface area contributed by atoms with Crippen LogP contribution in [0.3, 0.4) is 0 Å². The van der Waals surface area contributed by atoms with E-state index in [2.05, 4.69) is 15.0 Å². The van der Waals surface area contributed by atoms with Crippen molar-refractivity contribution >= 4 is 17.2 Å². The fraction of sp³-hybridized carbons (Fsp3) is 0.429. The molecule has 0 unspecified atom stereocenters. The van der Waals surface area contributed by atoms with Crippen LogP contribution < -0.4 is 0 Å². The van der Waals surface area contributed by atoms with Gasteiger partial charge in [-0.3, -0.25) is 9.78 Å². The monoisotopic (exact) mass is 288 g/mol. The highest BCUT2D eigenvalue weighted by Gasteiger charge is 2.25. The van der Waals surface area contributed by atoms with Gasteiger partial charge in [-0.1, -0.05) is 0 Å². The van der Waals surface area contributed by atoms with E-state index in [1.165, 1.54) is 11.3 Å². The zero-order valence-corrected chi connectivity index (χ0v) is 12.1. The second-order valence-electron chi connectivity index (χ2n) is 4.96. The summed E-state index contributed by atoms with van der Waals surface area (Å²) in [6.45, 7) is 3.47. The number of hydrogen-bond donors (Lipinski definition) is 0. The molecule has 2 aromatic rings. The quantitative estimate of drug-likeness (QED) is 0.850. The Kier molecular flexibility index (Phi) is 3.73. The van der Waals surface area contributed by atoms with Crippen molar-refractivity contribution in [2.45, 2.75) is 25.7 Å². The number of aromatic nitrogens is 3. The smallest absolute Gasteiger partial charge is 0.265 e. The summed E-state index contributed by atoms with van der Waals surface area (Å²) in [6.07, 6.45) is 5.38. The number of thiazole rings is 1. The number of rotatable bonds is 2. The van der Waals surface area contributed by atoms with Crippen LogP contribution in [0.15, 0.2) is 24.0 Å². The van der Waals surface area contributed by atoms with Crippen LogP contribution in [0, 0.1) is 6.92 Å². The van der Waals surface area contributed by atoms with Gasteiger partial charge in [0.05, 0.1) is 11.7 Å². The molecule has 20 heavy (non-hydrogen) atoms. The van der Waals surface area contributed by atoms with Crippen LogP contribution in [0.2, 0.25) is 0 Å². The Morgan fingerprint density at radius 3 is 2.85 bits per heavy atom. The molecule has 2 aromatic heterocycles. The Labute approximate surface area is 121 Å². The maximum Gasteiger partial charge on any atom is 0.265 e. The Bertz CT molecular complexity index is 591. The number of carbonyl (C=O) groups is 1. The van der Waals surface area contributed by atoms with Crippen LogP contribution in [0.1, 0.15) is 39.9 Å². The van der Waals surface area contributed by atoms with E-state index in [0.29, 0.717) is 5.92 Å². The number of carbonyl (C=O) groups excluding carboxylic acids is 1. The maximum absolute atomic E-state index is 12.2. The van der Waals surface area contributed by atoms with Gasteiger partial charge in [-0.15, -0.1) is 11.3 Å². The molecule has 1 aliphatic heterocycles. The maximum atomic E-state index is 12.2. The van der Waals surface area contributed by atoms with Crippen molar-refractivity contribution in [3.63, 3.8) is 0 Å². The molecule has 1 aliphatic rings. The summed E-state index contributed by atoms with van der Waals surface area (Å²) in [4.78, 5) is 27.5. The van der Waals surface area contributed by atoms with E-state index in [4.69, 9.17) is 0 Å². The first kappa shape index (κ1) is 13.2. The minimum absolute atomic E-state index is 0.102. The van der Waals surface area contributed by atoms with Gasteiger partial charge in [-0.05, 0) is 25.8 Å². The predicted octanol–water partition coefficient (Wildman–Crippen LogP) is 2.26. The normalized spacial score (nSPS) is 16.4. The molecule has 0 radical (unpaired) electrons. The second kappa shape index (κ2) is 5.66. The van der Waals surface area contributed by atoms with Crippen molar-refractivity contribution in [2.24, 2.45) is 0 Å². The van der Waals surface area contributed by atoms with Crippen molar-refractivity contribution in [2.75, 3.05) is 13.1 Å². The molecule has 1 amide bonds. The lowest BCUT2D eigenvalue weighted by atomic mass is 9.93. The van der Waals surface area contributed by atoms with Crippen molar-refractivity contribution in [1.29, 1.82) is 0 Å². The van der Waals surface area contributed by atoms with Crippen molar-refractivity contribution in [3.05, 3.63) is 40.4 Å². The summed E-state index contributed by atoms with van der Waals surface area (Å²) in [5, 5.41) is 0. The van der Waals surface area contributed by atoms with Gasteiger partial charge in [0.15, 0.2) is 0 Å². The highest BCUT2D eigenvalue weighted by Crippen LogP contribution is 2.27. The van der Waals surface area contributed by atoms with E-state index in [1.54, 1.807) is 11.7 Å². The number of likely N-dealkylation sites (tertiary alicyclic amines) is 1. The van der Waals surface area contributed by atoms with Crippen LogP contribution in [0.25, 0.3) is 0 Å². The Balaban J connectivity index is 1.64. The molecule has 3 heterocycles. The van der Waals surface area contributed by atoms with E-state index in [9.17, 15) is 4.79 Å². The number of amides is 1. The number of aryl methyl sites for hydroxylation is 1. The number of nitrogens with zero attached hydrogens (tertiary/aromatic N) is 4. The lowest BCUT2D eigenvalue weighted by Crippen LogP contribution is -2.37. The van der Waals surface area contributed by atoms with Gasteiger partial charge in [0.25, 0.3) is 5.91 Å². The van der Waals surface area contributed by atoms with Gasteiger partial charge in [0, 0.05) is 30.9 Å². The average Bonchev–Trinajstić information content (AvgIpc) is 3.01. The Hall–Kier alpha value is -1.82. The van der Waals surface area contributed by atoms with Crippen molar-refractivity contribution in [3.8, 4) is 0 Å². The summed E-state index contributed by atoms with van der Waals surface area (Å²) < 4.78 is 0. The van der Waals surface area contributed by atoms with E-state index in [-0.39, 0.29) is 5.91 Å². The number of piperidine rings is 1.